The van der Waals surface area contributed by atoms with E-state index in [-0.39, 0.29) is 29.8 Å². The van der Waals surface area contributed by atoms with Gasteiger partial charge in [0.15, 0.2) is 0 Å². The molecule has 17 heavy (non-hydrogen) atoms. The highest BCUT2D eigenvalue weighted by atomic mass is 35.5. The Kier molecular flexibility index (Phi) is 3.19. The molecule has 2 aliphatic heterocycles. The lowest BCUT2D eigenvalue weighted by Gasteiger charge is -2.33. The lowest BCUT2D eigenvalue weighted by molar-refractivity contribution is 0.121. The number of fused-ring (bicyclic) bond motifs is 1. The standard InChI is InChI=1S/C13H16FNO.ClH/c1-13-6-9(7-13)11(15-13)12(16)8-3-2-4-10(14)5-8;/h2-5,9,11-12,15-16H,6-7H2,1H3;1H/t9?,11?,12-,13?;/m1./s1. The molecule has 94 valence electrons. The molecule has 3 aliphatic rings. The highest BCUT2D eigenvalue weighted by Gasteiger charge is 2.54. The normalized spacial score (nSPS) is 35.9. The summed E-state index contributed by atoms with van der Waals surface area (Å²) in [5, 5.41) is 13.7. The summed E-state index contributed by atoms with van der Waals surface area (Å²) >= 11 is 0. The van der Waals surface area contributed by atoms with Gasteiger partial charge in [-0.15, -0.1) is 12.4 Å². The molecule has 0 radical (unpaired) electrons. The third-order valence-corrected chi connectivity index (χ3v) is 3.98. The maximum atomic E-state index is 13.1. The Hall–Kier alpha value is -0.640. The van der Waals surface area contributed by atoms with Gasteiger partial charge < -0.3 is 10.4 Å². The first-order valence-corrected chi connectivity index (χ1v) is 5.79. The maximum absolute atomic E-state index is 13.1. The van der Waals surface area contributed by atoms with Crippen LogP contribution < -0.4 is 5.32 Å². The highest BCUT2D eigenvalue weighted by Crippen LogP contribution is 2.50. The predicted octanol–water partition coefficient (Wildman–Crippen LogP) is 2.42. The van der Waals surface area contributed by atoms with Crippen LogP contribution in [0.2, 0.25) is 0 Å². The molecule has 1 unspecified atom stereocenters. The van der Waals surface area contributed by atoms with Crippen LogP contribution >= 0.6 is 12.4 Å². The topological polar surface area (TPSA) is 32.3 Å². The van der Waals surface area contributed by atoms with Crippen molar-refractivity contribution in [3.8, 4) is 0 Å². The van der Waals surface area contributed by atoms with E-state index in [2.05, 4.69) is 12.2 Å². The second-order valence-electron chi connectivity index (χ2n) is 5.40. The van der Waals surface area contributed by atoms with Gasteiger partial charge in [0.05, 0.1) is 6.10 Å². The molecule has 2 N–H and O–H groups in total. The molecule has 1 aromatic rings. The van der Waals surface area contributed by atoms with E-state index in [0.717, 1.165) is 12.8 Å². The fourth-order valence-corrected chi connectivity index (χ4v) is 3.22. The highest BCUT2D eigenvalue weighted by molar-refractivity contribution is 5.85. The van der Waals surface area contributed by atoms with Crippen LogP contribution in [0.15, 0.2) is 24.3 Å². The van der Waals surface area contributed by atoms with Crippen LogP contribution in [0.3, 0.4) is 0 Å². The minimum absolute atomic E-state index is 0. The van der Waals surface area contributed by atoms with E-state index < -0.39 is 6.10 Å². The number of halogens is 2. The first-order chi connectivity index (χ1) is 7.57. The van der Waals surface area contributed by atoms with Crippen molar-refractivity contribution < 1.29 is 9.50 Å². The van der Waals surface area contributed by atoms with E-state index in [1.807, 2.05) is 0 Å². The maximum Gasteiger partial charge on any atom is 0.123 e. The van der Waals surface area contributed by atoms with Crippen molar-refractivity contribution in [2.24, 2.45) is 5.92 Å². The Balaban J connectivity index is 0.00000108. The first-order valence-electron chi connectivity index (χ1n) is 5.79. The zero-order valence-electron chi connectivity index (χ0n) is 9.69. The van der Waals surface area contributed by atoms with Gasteiger partial charge in [-0.05, 0) is 43.4 Å². The smallest absolute Gasteiger partial charge is 0.123 e. The molecule has 4 rings (SSSR count). The van der Waals surface area contributed by atoms with Crippen molar-refractivity contribution in [3.05, 3.63) is 35.6 Å². The Labute approximate surface area is 107 Å². The van der Waals surface area contributed by atoms with E-state index >= 15 is 0 Å². The summed E-state index contributed by atoms with van der Waals surface area (Å²) in [4.78, 5) is 0. The van der Waals surface area contributed by atoms with Crippen molar-refractivity contribution in [2.75, 3.05) is 0 Å². The second kappa shape index (κ2) is 4.23. The van der Waals surface area contributed by atoms with Gasteiger partial charge in [-0.2, -0.15) is 0 Å². The Morgan fingerprint density at radius 1 is 1.47 bits per heavy atom. The molecule has 1 saturated carbocycles. The number of aliphatic hydroxyl groups is 1. The molecule has 1 aliphatic carbocycles. The summed E-state index contributed by atoms with van der Waals surface area (Å²) in [6, 6.07) is 6.35. The van der Waals surface area contributed by atoms with E-state index in [1.165, 1.54) is 12.1 Å². The lowest BCUT2D eigenvalue weighted by atomic mass is 9.72. The van der Waals surface area contributed by atoms with Crippen LogP contribution in [0, 0.1) is 11.7 Å². The predicted molar refractivity (Wildman–Crippen MR) is 66.7 cm³/mol. The van der Waals surface area contributed by atoms with Crippen LogP contribution in [0.25, 0.3) is 0 Å². The average Bonchev–Trinajstić information content (AvgIpc) is 2.70. The van der Waals surface area contributed by atoms with Crippen molar-refractivity contribution in [1.29, 1.82) is 0 Å². The van der Waals surface area contributed by atoms with Crippen LogP contribution in [-0.2, 0) is 0 Å². The molecule has 0 spiro atoms. The molecule has 3 fully saturated rings. The van der Waals surface area contributed by atoms with Crippen LogP contribution in [0.1, 0.15) is 31.4 Å². The fraction of sp³-hybridized carbons (Fsp3) is 0.538. The summed E-state index contributed by atoms with van der Waals surface area (Å²) in [5.74, 6) is 0.261. The van der Waals surface area contributed by atoms with E-state index in [4.69, 9.17) is 0 Å². The molecule has 0 aromatic heterocycles. The SMILES string of the molecule is CC12CC(C1)C([C@H](O)c1cccc(F)c1)N2.Cl. The van der Waals surface area contributed by atoms with Crippen molar-refractivity contribution in [1.82, 2.24) is 5.32 Å². The molecular formula is C13H17ClFNO. The van der Waals surface area contributed by atoms with Gasteiger partial charge in [0.1, 0.15) is 5.82 Å². The molecule has 2 saturated heterocycles. The summed E-state index contributed by atoms with van der Waals surface area (Å²) in [6.45, 7) is 2.18. The minimum atomic E-state index is -0.593. The monoisotopic (exact) mass is 257 g/mol. The molecule has 1 aromatic carbocycles. The average molecular weight is 258 g/mol. The summed E-state index contributed by atoms with van der Waals surface area (Å²) in [7, 11) is 0. The number of hydrogen-bond donors (Lipinski definition) is 2. The summed E-state index contributed by atoms with van der Waals surface area (Å²) < 4.78 is 13.1. The van der Waals surface area contributed by atoms with Gasteiger partial charge in [0.2, 0.25) is 0 Å². The van der Waals surface area contributed by atoms with Crippen molar-refractivity contribution in [3.63, 3.8) is 0 Å². The van der Waals surface area contributed by atoms with E-state index in [1.54, 1.807) is 12.1 Å². The number of aliphatic hydroxyl groups excluding tert-OH is 1. The largest absolute Gasteiger partial charge is 0.387 e. The molecular weight excluding hydrogens is 241 g/mol. The van der Waals surface area contributed by atoms with Crippen molar-refractivity contribution in [2.45, 2.75) is 37.5 Å². The molecule has 2 nitrogen and oxygen atoms in total. The number of hydrogen-bond acceptors (Lipinski definition) is 2. The van der Waals surface area contributed by atoms with E-state index in [0.29, 0.717) is 11.5 Å². The first kappa shape index (κ1) is 12.8. The molecule has 2 heterocycles. The number of nitrogens with one attached hydrogen (secondary N) is 1. The van der Waals surface area contributed by atoms with E-state index in [9.17, 15) is 9.50 Å². The van der Waals surface area contributed by atoms with Gasteiger partial charge in [0, 0.05) is 11.6 Å². The van der Waals surface area contributed by atoms with Crippen LogP contribution in [-0.4, -0.2) is 16.7 Å². The third kappa shape index (κ3) is 2.07. The van der Waals surface area contributed by atoms with Gasteiger partial charge in [-0.25, -0.2) is 4.39 Å². The minimum Gasteiger partial charge on any atom is -0.387 e. The Morgan fingerprint density at radius 2 is 2.18 bits per heavy atom. The number of benzene rings is 1. The quantitative estimate of drug-likeness (QED) is 0.853. The molecule has 2 bridgehead atoms. The lowest BCUT2D eigenvalue weighted by Crippen LogP contribution is -2.40. The summed E-state index contributed by atoms with van der Waals surface area (Å²) in [5.41, 5.74) is 0.887. The third-order valence-electron chi connectivity index (χ3n) is 3.98. The molecule has 0 amide bonds. The molecule has 4 heteroatoms. The van der Waals surface area contributed by atoms with Gasteiger partial charge >= 0.3 is 0 Å². The number of rotatable bonds is 2. The zero-order chi connectivity index (χ0) is 11.3. The Morgan fingerprint density at radius 3 is 2.71 bits per heavy atom. The van der Waals surface area contributed by atoms with Gasteiger partial charge in [-0.1, -0.05) is 12.1 Å². The van der Waals surface area contributed by atoms with Crippen LogP contribution in [0.5, 0.6) is 0 Å². The van der Waals surface area contributed by atoms with Crippen LogP contribution in [0.4, 0.5) is 4.39 Å². The fourth-order valence-electron chi connectivity index (χ4n) is 3.22. The summed E-state index contributed by atoms with van der Waals surface area (Å²) in [6.07, 6.45) is 1.67. The second-order valence-corrected chi connectivity index (χ2v) is 5.40. The molecule has 2 atom stereocenters. The van der Waals surface area contributed by atoms with Crippen molar-refractivity contribution >= 4 is 12.4 Å². The zero-order valence-corrected chi connectivity index (χ0v) is 10.5. The van der Waals surface area contributed by atoms with Gasteiger partial charge in [0.25, 0.3) is 0 Å². The Bertz CT molecular complexity index is 420. The van der Waals surface area contributed by atoms with Gasteiger partial charge in [-0.3, -0.25) is 0 Å².